The van der Waals surface area contributed by atoms with Gasteiger partial charge >= 0.3 is 0 Å². The average Bonchev–Trinajstić information content (AvgIpc) is 3.04. The van der Waals surface area contributed by atoms with E-state index in [1.54, 1.807) is 54.6 Å². The molecule has 162 valence electrons. The van der Waals surface area contributed by atoms with Crippen molar-refractivity contribution < 1.29 is 19.1 Å². The monoisotopic (exact) mass is 448 g/mol. The smallest absolute Gasteiger partial charge is 0.282 e. The number of carbonyl (C=O) groups is 2. The number of benzene rings is 3. The molecule has 0 atom stereocenters. The van der Waals surface area contributed by atoms with Gasteiger partial charge in [-0.15, -0.1) is 0 Å². The molecule has 3 aromatic carbocycles. The summed E-state index contributed by atoms with van der Waals surface area (Å²) in [7, 11) is 1.53. The topological polar surface area (TPSA) is 67.9 Å². The van der Waals surface area contributed by atoms with E-state index in [2.05, 4.69) is 5.32 Å². The largest absolute Gasteiger partial charge is 0.495 e. The maximum absolute atomic E-state index is 13.5. The van der Waals surface area contributed by atoms with Gasteiger partial charge in [0.25, 0.3) is 11.8 Å². The maximum atomic E-state index is 13.5. The molecule has 0 bridgehead atoms. The fourth-order valence-electron chi connectivity index (χ4n) is 3.55. The lowest BCUT2D eigenvalue weighted by Gasteiger charge is -2.19. The molecule has 1 N–H and O–H groups in total. The number of ether oxygens (including phenoxy) is 2. The fraction of sp³-hybridized carbons (Fsp3) is 0.120. The molecule has 7 heteroatoms. The van der Waals surface area contributed by atoms with Gasteiger partial charge in [-0.25, -0.2) is 4.90 Å². The number of rotatable bonds is 7. The Morgan fingerprint density at radius 2 is 1.62 bits per heavy atom. The van der Waals surface area contributed by atoms with E-state index in [1.807, 2.05) is 25.1 Å². The Morgan fingerprint density at radius 3 is 2.31 bits per heavy atom. The zero-order chi connectivity index (χ0) is 22.7. The number of carbonyl (C=O) groups excluding carboxylic acids is 2. The van der Waals surface area contributed by atoms with E-state index in [1.165, 1.54) is 7.11 Å². The number of para-hydroxylation sites is 2. The quantitative estimate of drug-likeness (QED) is 0.506. The van der Waals surface area contributed by atoms with Crippen LogP contribution in [0.15, 0.2) is 78.5 Å². The summed E-state index contributed by atoms with van der Waals surface area (Å²) in [5.41, 5.74) is 2.01. The number of amides is 2. The minimum atomic E-state index is -0.479. The molecule has 2 amide bonds. The molecule has 0 saturated carbocycles. The molecule has 6 nitrogen and oxygen atoms in total. The van der Waals surface area contributed by atoms with Crippen LogP contribution in [0, 0.1) is 0 Å². The molecular formula is C25H21ClN2O4. The minimum Gasteiger partial charge on any atom is -0.495 e. The number of nitrogens with one attached hydrogen (secondary N) is 1. The van der Waals surface area contributed by atoms with Crippen LogP contribution in [0.2, 0.25) is 5.02 Å². The van der Waals surface area contributed by atoms with Gasteiger partial charge in [-0.2, -0.15) is 0 Å². The molecule has 0 radical (unpaired) electrons. The van der Waals surface area contributed by atoms with Crippen LogP contribution in [0.5, 0.6) is 11.5 Å². The molecule has 1 aliphatic heterocycles. The van der Waals surface area contributed by atoms with Crippen LogP contribution in [0.4, 0.5) is 11.4 Å². The van der Waals surface area contributed by atoms with Gasteiger partial charge in [0.15, 0.2) is 0 Å². The van der Waals surface area contributed by atoms with Gasteiger partial charge in [0, 0.05) is 5.69 Å². The van der Waals surface area contributed by atoms with Crippen LogP contribution in [0.1, 0.15) is 12.5 Å². The van der Waals surface area contributed by atoms with Gasteiger partial charge in [0.05, 0.1) is 30.0 Å². The maximum Gasteiger partial charge on any atom is 0.282 e. The van der Waals surface area contributed by atoms with E-state index in [9.17, 15) is 9.59 Å². The molecule has 0 saturated heterocycles. The lowest BCUT2D eigenvalue weighted by atomic mass is 10.0. The summed E-state index contributed by atoms with van der Waals surface area (Å²) in [4.78, 5) is 28.2. The summed E-state index contributed by atoms with van der Waals surface area (Å²) in [5, 5.41) is 3.48. The molecule has 3 aromatic rings. The zero-order valence-corrected chi connectivity index (χ0v) is 18.3. The highest BCUT2D eigenvalue weighted by molar-refractivity contribution is 6.46. The summed E-state index contributed by atoms with van der Waals surface area (Å²) in [6, 6.07) is 21.1. The van der Waals surface area contributed by atoms with Crippen LogP contribution in [-0.2, 0) is 9.59 Å². The molecule has 4 rings (SSSR count). The van der Waals surface area contributed by atoms with Gasteiger partial charge in [-0.3, -0.25) is 9.59 Å². The van der Waals surface area contributed by atoms with E-state index in [0.29, 0.717) is 40.1 Å². The average molecular weight is 449 g/mol. The van der Waals surface area contributed by atoms with E-state index in [4.69, 9.17) is 21.1 Å². The summed E-state index contributed by atoms with van der Waals surface area (Å²) in [6.07, 6.45) is 0. The highest BCUT2D eigenvalue weighted by Crippen LogP contribution is 2.38. The molecule has 32 heavy (non-hydrogen) atoms. The third-order valence-corrected chi connectivity index (χ3v) is 5.27. The van der Waals surface area contributed by atoms with Crippen molar-refractivity contribution in [1.82, 2.24) is 0 Å². The van der Waals surface area contributed by atoms with Gasteiger partial charge in [-0.05, 0) is 42.8 Å². The second kappa shape index (κ2) is 9.16. The summed E-state index contributed by atoms with van der Waals surface area (Å²) < 4.78 is 10.9. The van der Waals surface area contributed by atoms with Crippen molar-refractivity contribution >= 4 is 40.4 Å². The predicted molar refractivity (Wildman–Crippen MR) is 125 cm³/mol. The van der Waals surface area contributed by atoms with E-state index in [0.717, 1.165) is 4.90 Å². The molecule has 0 unspecified atom stereocenters. The fourth-order valence-corrected chi connectivity index (χ4v) is 3.80. The number of anilines is 2. The second-order valence-electron chi connectivity index (χ2n) is 6.94. The Kier molecular flexibility index (Phi) is 6.14. The molecule has 1 heterocycles. The van der Waals surface area contributed by atoms with Crippen molar-refractivity contribution in [3.63, 3.8) is 0 Å². The van der Waals surface area contributed by atoms with Gasteiger partial charge in [0.2, 0.25) is 0 Å². The number of hydrogen-bond donors (Lipinski definition) is 1. The van der Waals surface area contributed by atoms with E-state index < -0.39 is 11.8 Å². The van der Waals surface area contributed by atoms with Crippen LogP contribution in [0.3, 0.4) is 0 Å². The summed E-state index contributed by atoms with van der Waals surface area (Å²) >= 11 is 6.25. The van der Waals surface area contributed by atoms with Crippen molar-refractivity contribution in [1.29, 1.82) is 0 Å². The SMILES string of the molecule is CCOc1ccccc1N1C(=O)C(Nc2ccc(OC)c(Cl)c2)=C(c2ccccc2)C1=O. The van der Waals surface area contributed by atoms with Crippen LogP contribution in [-0.4, -0.2) is 25.5 Å². The van der Waals surface area contributed by atoms with Gasteiger partial charge in [0.1, 0.15) is 17.2 Å². The summed E-state index contributed by atoms with van der Waals surface area (Å²) in [5.74, 6) is 0.0526. The number of halogens is 1. The Bertz CT molecular complexity index is 1210. The first-order valence-corrected chi connectivity index (χ1v) is 10.4. The number of methoxy groups -OCH3 is 1. The molecular weight excluding hydrogens is 428 g/mol. The molecule has 1 aliphatic rings. The lowest BCUT2D eigenvalue weighted by Crippen LogP contribution is -2.32. The van der Waals surface area contributed by atoms with Gasteiger partial charge in [-0.1, -0.05) is 54.1 Å². The molecule has 0 aromatic heterocycles. The Morgan fingerprint density at radius 1 is 0.906 bits per heavy atom. The van der Waals surface area contributed by atoms with Crippen molar-refractivity contribution in [2.24, 2.45) is 0 Å². The van der Waals surface area contributed by atoms with Crippen molar-refractivity contribution in [3.8, 4) is 11.5 Å². The first-order valence-electron chi connectivity index (χ1n) is 10.1. The van der Waals surface area contributed by atoms with Crippen LogP contribution in [0.25, 0.3) is 5.57 Å². The lowest BCUT2D eigenvalue weighted by molar-refractivity contribution is -0.120. The minimum absolute atomic E-state index is 0.161. The molecule has 0 spiro atoms. The van der Waals surface area contributed by atoms with E-state index in [-0.39, 0.29) is 11.3 Å². The number of imide groups is 1. The highest BCUT2D eigenvalue weighted by atomic mass is 35.5. The highest BCUT2D eigenvalue weighted by Gasteiger charge is 2.41. The zero-order valence-electron chi connectivity index (χ0n) is 17.6. The first-order chi connectivity index (χ1) is 15.5. The normalized spacial score (nSPS) is 13.5. The molecule has 0 fully saturated rings. The van der Waals surface area contributed by atoms with E-state index >= 15 is 0 Å². The standard InChI is InChI=1S/C25H21ClN2O4/c1-3-32-21-12-8-7-11-19(21)28-24(29)22(16-9-5-4-6-10-16)23(25(28)30)27-17-13-14-20(31-2)18(26)15-17/h4-15,27H,3H2,1-2H3. The predicted octanol–water partition coefficient (Wildman–Crippen LogP) is 5.14. The Hall–Kier alpha value is -3.77. The Labute approximate surface area is 191 Å². The van der Waals surface area contributed by atoms with Crippen LogP contribution < -0.4 is 19.7 Å². The first kappa shape index (κ1) is 21.5. The second-order valence-corrected chi connectivity index (χ2v) is 7.34. The molecule has 0 aliphatic carbocycles. The number of hydrogen-bond acceptors (Lipinski definition) is 5. The van der Waals surface area contributed by atoms with Crippen molar-refractivity contribution in [2.75, 3.05) is 23.9 Å². The van der Waals surface area contributed by atoms with Crippen molar-refractivity contribution in [2.45, 2.75) is 6.92 Å². The van der Waals surface area contributed by atoms with Gasteiger partial charge < -0.3 is 14.8 Å². The third-order valence-electron chi connectivity index (χ3n) is 4.97. The van der Waals surface area contributed by atoms with Crippen LogP contribution >= 0.6 is 11.6 Å². The number of nitrogens with zero attached hydrogens (tertiary/aromatic N) is 1. The Balaban J connectivity index is 1.81. The third kappa shape index (κ3) is 3.92. The summed E-state index contributed by atoms with van der Waals surface area (Å²) in [6.45, 7) is 2.25. The van der Waals surface area contributed by atoms with Crippen molar-refractivity contribution in [3.05, 3.63) is 89.1 Å².